The van der Waals surface area contributed by atoms with E-state index < -0.39 is 5.91 Å². The molecule has 2 N–H and O–H groups in total. The molecule has 0 aromatic carbocycles. The number of amides is 1. The van der Waals surface area contributed by atoms with E-state index in [0.717, 1.165) is 25.7 Å². The first-order valence-corrected chi connectivity index (χ1v) is 5.11. The van der Waals surface area contributed by atoms with E-state index in [0.29, 0.717) is 0 Å². The Balaban J connectivity index is 2.23. The van der Waals surface area contributed by atoms with Crippen LogP contribution in [0.3, 0.4) is 0 Å². The van der Waals surface area contributed by atoms with E-state index in [1.54, 1.807) is 0 Å². The van der Waals surface area contributed by atoms with Gasteiger partial charge in [0.25, 0.3) is 0 Å². The summed E-state index contributed by atoms with van der Waals surface area (Å²) >= 11 is 0. The van der Waals surface area contributed by atoms with Crippen molar-refractivity contribution in [1.82, 2.24) is 0 Å². The SMILES string of the molecule is COC(=O)C1CCC(OCC(N)=O)CC1. The van der Waals surface area contributed by atoms with Gasteiger partial charge in [-0.05, 0) is 25.7 Å². The monoisotopic (exact) mass is 215 g/mol. The number of carbonyl (C=O) groups excluding carboxylic acids is 2. The molecule has 0 heterocycles. The van der Waals surface area contributed by atoms with Crippen LogP contribution in [0.25, 0.3) is 0 Å². The predicted octanol–water partition coefficient (Wildman–Crippen LogP) is 0.220. The number of primary amides is 1. The van der Waals surface area contributed by atoms with Crippen LogP contribution in [0.2, 0.25) is 0 Å². The predicted molar refractivity (Wildman–Crippen MR) is 52.9 cm³/mol. The van der Waals surface area contributed by atoms with Gasteiger partial charge in [0.15, 0.2) is 0 Å². The van der Waals surface area contributed by atoms with Crippen LogP contribution in [0.4, 0.5) is 0 Å². The van der Waals surface area contributed by atoms with Crippen LogP contribution < -0.4 is 5.73 Å². The van der Waals surface area contributed by atoms with Crippen LogP contribution in [-0.2, 0) is 19.1 Å². The molecule has 0 aromatic rings. The largest absolute Gasteiger partial charge is 0.469 e. The first-order chi connectivity index (χ1) is 7.13. The molecule has 1 fully saturated rings. The summed E-state index contributed by atoms with van der Waals surface area (Å²) in [5.41, 5.74) is 4.97. The van der Waals surface area contributed by atoms with E-state index in [1.165, 1.54) is 7.11 Å². The molecule has 15 heavy (non-hydrogen) atoms. The van der Waals surface area contributed by atoms with Gasteiger partial charge < -0.3 is 15.2 Å². The Labute approximate surface area is 88.9 Å². The highest BCUT2D eigenvalue weighted by Gasteiger charge is 2.27. The quantitative estimate of drug-likeness (QED) is 0.680. The molecular formula is C10H17NO4. The van der Waals surface area contributed by atoms with E-state index in [-0.39, 0.29) is 24.6 Å². The molecule has 1 aliphatic carbocycles. The fourth-order valence-corrected chi connectivity index (χ4v) is 1.83. The Morgan fingerprint density at radius 2 is 1.87 bits per heavy atom. The third-order valence-electron chi connectivity index (χ3n) is 2.67. The van der Waals surface area contributed by atoms with Crippen LogP contribution in [0.1, 0.15) is 25.7 Å². The molecule has 1 aliphatic rings. The van der Waals surface area contributed by atoms with Gasteiger partial charge in [-0.25, -0.2) is 0 Å². The second kappa shape index (κ2) is 5.70. The Kier molecular flexibility index (Phi) is 4.55. The second-order valence-corrected chi connectivity index (χ2v) is 3.77. The number of carbonyl (C=O) groups is 2. The highest BCUT2D eigenvalue weighted by molar-refractivity contribution is 5.75. The number of hydrogen-bond acceptors (Lipinski definition) is 4. The molecule has 5 nitrogen and oxygen atoms in total. The fraction of sp³-hybridized carbons (Fsp3) is 0.800. The zero-order valence-electron chi connectivity index (χ0n) is 8.90. The summed E-state index contributed by atoms with van der Waals surface area (Å²) in [5.74, 6) is -0.614. The standard InChI is InChI=1S/C10H17NO4/c1-14-10(13)7-2-4-8(5-3-7)15-6-9(11)12/h7-8H,2-6H2,1H3,(H2,11,12). The summed E-state index contributed by atoms with van der Waals surface area (Å²) in [6.07, 6.45) is 3.14. The first kappa shape index (κ1) is 12.0. The van der Waals surface area contributed by atoms with Gasteiger partial charge in [0.05, 0.1) is 19.1 Å². The van der Waals surface area contributed by atoms with E-state index in [4.69, 9.17) is 10.5 Å². The van der Waals surface area contributed by atoms with Crippen molar-refractivity contribution in [3.8, 4) is 0 Å². The summed E-state index contributed by atoms with van der Waals surface area (Å²) in [5, 5.41) is 0. The molecule has 5 heteroatoms. The lowest BCUT2D eigenvalue weighted by molar-refractivity contribution is -0.148. The van der Waals surface area contributed by atoms with Crippen molar-refractivity contribution in [3.05, 3.63) is 0 Å². The third-order valence-corrected chi connectivity index (χ3v) is 2.67. The lowest BCUT2D eigenvalue weighted by Gasteiger charge is -2.26. The molecular weight excluding hydrogens is 198 g/mol. The molecule has 0 radical (unpaired) electrons. The highest BCUT2D eigenvalue weighted by atomic mass is 16.5. The molecule has 0 aromatic heterocycles. The minimum absolute atomic E-state index is 0.0107. The van der Waals surface area contributed by atoms with Crippen molar-refractivity contribution in [2.24, 2.45) is 11.7 Å². The van der Waals surface area contributed by atoms with Crippen molar-refractivity contribution in [1.29, 1.82) is 0 Å². The van der Waals surface area contributed by atoms with E-state index in [1.807, 2.05) is 0 Å². The summed E-state index contributed by atoms with van der Waals surface area (Å²) in [7, 11) is 1.40. The van der Waals surface area contributed by atoms with Gasteiger partial charge in [-0.15, -0.1) is 0 Å². The average Bonchev–Trinajstić information content (AvgIpc) is 2.26. The fourth-order valence-electron chi connectivity index (χ4n) is 1.83. The van der Waals surface area contributed by atoms with Gasteiger partial charge in [0, 0.05) is 0 Å². The Hall–Kier alpha value is -1.10. The second-order valence-electron chi connectivity index (χ2n) is 3.77. The molecule has 0 atom stereocenters. The number of methoxy groups -OCH3 is 1. The highest BCUT2D eigenvalue weighted by Crippen LogP contribution is 2.26. The zero-order valence-corrected chi connectivity index (χ0v) is 8.90. The van der Waals surface area contributed by atoms with E-state index in [2.05, 4.69) is 4.74 Å². The van der Waals surface area contributed by atoms with E-state index in [9.17, 15) is 9.59 Å². The topological polar surface area (TPSA) is 78.6 Å². The van der Waals surface area contributed by atoms with Crippen LogP contribution in [-0.4, -0.2) is 31.7 Å². The molecule has 1 saturated carbocycles. The first-order valence-electron chi connectivity index (χ1n) is 5.11. The lowest BCUT2D eigenvalue weighted by Crippen LogP contribution is -2.29. The van der Waals surface area contributed by atoms with Crippen molar-refractivity contribution in [2.75, 3.05) is 13.7 Å². The van der Waals surface area contributed by atoms with Gasteiger partial charge in [0.2, 0.25) is 5.91 Å². The van der Waals surface area contributed by atoms with Crippen molar-refractivity contribution >= 4 is 11.9 Å². The van der Waals surface area contributed by atoms with Gasteiger partial charge in [0.1, 0.15) is 6.61 Å². The molecule has 86 valence electrons. The van der Waals surface area contributed by atoms with Crippen LogP contribution in [0.15, 0.2) is 0 Å². The summed E-state index contributed by atoms with van der Waals surface area (Å²) < 4.78 is 9.95. The number of hydrogen-bond donors (Lipinski definition) is 1. The van der Waals surface area contributed by atoms with Crippen LogP contribution in [0.5, 0.6) is 0 Å². The Bertz CT molecular complexity index is 234. The number of ether oxygens (including phenoxy) is 2. The van der Waals surface area contributed by atoms with Gasteiger partial charge in [-0.2, -0.15) is 0 Å². The molecule has 1 amide bonds. The molecule has 0 bridgehead atoms. The molecule has 0 spiro atoms. The van der Waals surface area contributed by atoms with Crippen molar-refractivity contribution in [3.63, 3.8) is 0 Å². The molecule has 0 saturated heterocycles. The van der Waals surface area contributed by atoms with E-state index >= 15 is 0 Å². The summed E-state index contributed by atoms with van der Waals surface area (Å²) in [6, 6.07) is 0. The minimum atomic E-state index is -0.454. The Morgan fingerprint density at radius 3 is 2.33 bits per heavy atom. The number of esters is 1. The third kappa shape index (κ3) is 3.87. The number of rotatable bonds is 4. The minimum Gasteiger partial charge on any atom is -0.469 e. The zero-order chi connectivity index (χ0) is 11.3. The van der Waals surface area contributed by atoms with Gasteiger partial charge >= 0.3 is 5.97 Å². The molecule has 1 rings (SSSR count). The summed E-state index contributed by atoms with van der Waals surface area (Å²) in [4.78, 5) is 21.7. The van der Waals surface area contributed by atoms with Crippen molar-refractivity contribution < 1.29 is 19.1 Å². The Morgan fingerprint density at radius 1 is 1.27 bits per heavy atom. The maximum Gasteiger partial charge on any atom is 0.308 e. The maximum absolute atomic E-state index is 11.2. The molecule has 0 unspecified atom stereocenters. The van der Waals surface area contributed by atoms with Crippen LogP contribution >= 0.6 is 0 Å². The van der Waals surface area contributed by atoms with Crippen molar-refractivity contribution in [2.45, 2.75) is 31.8 Å². The van der Waals surface area contributed by atoms with Gasteiger partial charge in [-0.3, -0.25) is 9.59 Å². The molecule has 0 aliphatic heterocycles. The smallest absolute Gasteiger partial charge is 0.308 e. The average molecular weight is 215 g/mol. The maximum atomic E-state index is 11.2. The normalized spacial score (nSPS) is 25.9. The lowest BCUT2D eigenvalue weighted by atomic mass is 9.87. The number of nitrogens with two attached hydrogens (primary N) is 1. The van der Waals surface area contributed by atoms with Gasteiger partial charge in [-0.1, -0.05) is 0 Å². The van der Waals surface area contributed by atoms with Crippen LogP contribution in [0, 0.1) is 5.92 Å². The summed E-state index contributed by atoms with van der Waals surface area (Å²) in [6.45, 7) is -0.0342.